The predicted octanol–water partition coefficient (Wildman–Crippen LogP) is 2.66. The number of methoxy groups -OCH3 is 1. The van der Waals surface area contributed by atoms with Crippen molar-refractivity contribution in [3.63, 3.8) is 0 Å². The smallest absolute Gasteiger partial charge is 0.342 e. The Morgan fingerprint density at radius 2 is 2.10 bits per heavy atom. The fraction of sp³-hybridized carbons (Fsp3) is 0.286. The number of carboxylic acids is 1. The second-order valence-electron chi connectivity index (χ2n) is 4.33. The zero-order chi connectivity index (χ0) is 15.4. The Bertz CT molecular complexity index is 638. The number of ether oxygens (including phenoxy) is 1. The fourth-order valence-electron chi connectivity index (χ4n) is 1.83. The van der Waals surface area contributed by atoms with Gasteiger partial charge in [0.15, 0.2) is 0 Å². The minimum atomic E-state index is -1.06. The first kappa shape index (κ1) is 15.2. The molecule has 0 spiro atoms. The van der Waals surface area contributed by atoms with Crippen molar-refractivity contribution in [2.45, 2.75) is 18.4 Å². The Labute approximate surface area is 126 Å². The molecule has 0 radical (unpaired) electrons. The number of aromatic carboxylic acids is 1. The average Bonchev–Trinajstić information content (AvgIpc) is 2.82. The SMILES string of the molecule is CCCSc1nn(-c2ccc(OC)cc2)c(N)c1C(=O)O. The molecule has 6 nitrogen and oxygen atoms in total. The lowest BCUT2D eigenvalue weighted by Crippen LogP contribution is -2.05. The van der Waals surface area contributed by atoms with Gasteiger partial charge in [0.1, 0.15) is 22.2 Å². The highest BCUT2D eigenvalue weighted by molar-refractivity contribution is 7.99. The van der Waals surface area contributed by atoms with Gasteiger partial charge in [0.2, 0.25) is 0 Å². The highest BCUT2D eigenvalue weighted by atomic mass is 32.2. The number of nitrogens with two attached hydrogens (primary N) is 1. The molecule has 3 N–H and O–H groups in total. The number of hydrogen-bond acceptors (Lipinski definition) is 5. The molecule has 112 valence electrons. The van der Waals surface area contributed by atoms with E-state index in [4.69, 9.17) is 10.5 Å². The highest BCUT2D eigenvalue weighted by Crippen LogP contribution is 2.29. The number of hydrogen-bond donors (Lipinski definition) is 2. The molecule has 0 atom stereocenters. The minimum Gasteiger partial charge on any atom is -0.497 e. The summed E-state index contributed by atoms with van der Waals surface area (Å²) in [7, 11) is 1.58. The third-order valence-corrected chi connectivity index (χ3v) is 4.03. The first-order valence-corrected chi connectivity index (χ1v) is 7.46. The zero-order valence-electron chi connectivity index (χ0n) is 11.9. The van der Waals surface area contributed by atoms with Crippen molar-refractivity contribution in [1.82, 2.24) is 9.78 Å². The van der Waals surface area contributed by atoms with E-state index in [-0.39, 0.29) is 11.4 Å². The van der Waals surface area contributed by atoms with Crippen LogP contribution in [-0.4, -0.2) is 33.7 Å². The van der Waals surface area contributed by atoms with Crippen LogP contribution in [0.3, 0.4) is 0 Å². The van der Waals surface area contributed by atoms with Gasteiger partial charge in [-0.15, -0.1) is 11.8 Å². The number of benzene rings is 1. The van der Waals surface area contributed by atoms with Gasteiger partial charge < -0.3 is 15.6 Å². The summed E-state index contributed by atoms with van der Waals surface area (Å²) in [5, 5.41) is 14.1. The van der Waals surface area contributed by atoms with Gasteiger partial charge in [-0.2, -0.15) is 5.10 Å². The molecule has 0 saturated carbocycles. The number of nitrogen functional groups attached to an aromatic ring is 1. The van der Waals surface area contributed by atoms with Crippen LogP contribution in [0.5, 0.6) is 5.75 Å². The second-order valence-corrected chi connectivity index (χ2v) is 5.41. The molecule has 2 aromatic rings. The molecule has 0 bridgehead atoms. The molecule has 21 heavy (non-hydrogen) atoms. The van der Waals surface area contributed by atoms with Crippen LogP contribution in [0, 0.1) is 0 Å². The Morgan fingerprint density at radius 3 is 2.62 bits per heavy atom. The van der Waals surface area contributed by atoms with Gasteiger partial charge in [-0.3, -0.25) is 0 Å². The molecule has 0 amide bonds. The number of carbonyl (C=O) groups is 1. The predicted molar refractivity (Wildman–Crippen MR) is 82.5 cm³/mol. The van der Waals surface area contributed by atoms with Crippen LogP contribution in [0.2, 0.25) is 0 Å². The molecule has 0 aliphatic rings. The van der Waals surface area contributed by atoms with Crippen LogP contribution in [0.15, 0.2) is 29.3 Å². The Balaban J connectivity index is 2.45. The van der Waals surface area contributed by atoms with Crippen molar-refractivity contribution >= 4 is 23.5 Å². The lowest BCUT2D eigenvalue weighted by atomic mass is 10.3. The number of nitrogens with zero attached hydrogens (tertiary/aromatic N) is 2. The third-order valence-electron chi connectivity index (χ3n) is 2.86. The first-order valence-electron chi connectivity index (χ1n) is 6.47. The van der Waals surface area contributed by atoms with Gasteiger partial charge in [0, 0.05) is 0 Å². The summed E-state index contributed by atoms with van der Waals surface area (Å²) in [6.45, 7) is 2.03. The van der Waals surface area contributed by atoms with E-state index in [1.165, 1.54) is 16.4 Å². The highest BCUT2D eigenvalue weighted by Gasteiger charge is 2.22. The topological polar surface area (TPSA) is 90.4 Å². The van der Waals surface area contributed by atoms with Crippen molar-refractivity contribution in [2.75, 3.05) is 18.6 Å². The van der Waals surface area contributed by atoms with Gasteiger partial charge in [0.25, 0.3) is 0 Å². The van der Waals surface area contributed by atoms with E-state index < -0.39 is 5.97 Å². The summed E-state index contributed by atoms with van der Waals surface area (Å²) in [5.74, 6) is 0.569. The third kappa shape index (κ3) is 3.13. The molecule has 0 saturated heterocycles. The summed E-state index contributed by atoms with van der Waals surface area (Å²) in [5.41, 5.74) is 6.71. The van der Waals surface area contributed by atoms with Gasteiger partial charge >= 0.3 is 5.97 Å². The molecule has 0 unspecified atom stereocenters. The normalized spacial score (nSPS) is 10.6. The quantitative estimate of drug-likeness (QED) is 0.797. The molecule has 0 fully saturated rings. The van der Waals surface area contributed by atoms with Gasteiger partial charge in [-0.1, -0.05) is 6.92 Å². The van der Waals surface area contributed by atoms with Crippen molar-refractivity contribution in [1.29, 1.82) is 0 Å². The number of rotatable bonds is 6. The van der Waals surface area contributed by atoms with Gasteiger partial charge in [-0.25, -0.2) is 9.48 Å². The minimum absolute atomic E-state index is 0.0595. The van der Waals surface area contributed by atoms with Crippen molar-refractivity contribution in [3.8, 4) is 11.4 Å². The maximum atomic E-state index is 11.4. The summed E-state index contributed by atoms with van der Waals surface area (Å²) in [6, 6.07) is 7.11. The first-order chi connectivity index (χ1) is 10.1. The van der Waals surface area contributed by atoms with Crippen LogP contribution < -0.4 is 10.5 Å². The monoisotopic (exact) mass is 307 g/mol. The zero-order valence-corrected chi connectivity index (χ0v) is 12.7. The van der Waals surface area contributed by atoms with Crippen molar-refractivity contribution in [3.05, 3.63) is 29.8 Å². The fourth-order valence-corrected chi connectivity index (χ4v) is 2.70. The number of carboxylic acid groups (broad SMARTS) is 1. The molecule has 0 aliphatic carbocycles. The van der Waals surface area contributed by atoms with Crippen LogP contribution in [0.25, 0.3) is 5.69 Å². The Morgan fingerprint density at radius 1 is 1.43 bits per heavy atom. The molecular formula is C14H17N3O3S. The lowest BCUT2D eigenvalue weighted by molar-refractivity contribution is 0.0694. The summed E-state index contributed by atoms with van der Waals surface area (Å²) >= 11 is 1.40. The van der Waals surface area contributed by atoms with E-state index >= 15 is 0 Å². The van der Waals surface area contributed by atoms with Crippen molar-refractivity contribution < 1.29 is 14.6 Å². The molecule has 1 heterocycles. The largest absolute Gasteiger partial charge is 0.497 e. The van der Waals surface area contributed by atoms with Crippen LogP contribution in [0.1, 0.15) is 23.7 Å². The molecular weight excluding hydrogens is 290 g/mol. The van der Waals surface area contributed by atoms with E-state index in [1.54, 1.807) is 31.4 Å². The van der Waals surface area contributed by atoms with E-state index in [2.05, 4.69) is 5.10 Å². The summed E-state index contributed by atoms with van der Waals surface area (Å²) in [6.07, 6.45) is 0.930. The number of thioether (sulfide) groups is 1. The molecule has 2 rings (SSSR count). The standard InChI is InChI=1S/C14H17N3O3S/c1-3-8-21-13-11(14(18)19)12(15)17(16-13)9-4-6-10(20-2)7-5-9/h4-7H,3,8,15H2,1-2H3,(H,18,19). The maximum absolute atomic E-state index is 11.4. The van der Waals surface area contributed by atoms with Crippen LogP contribution in [0.4, 0.5) is 5.82 Å². The van der Waals surface area contributed by atoms with Gasteiger partial charge in [0.05, 0.1) is 12.8 Å². The van der Waals surface area contributed by atoms with E-state index in [9.17, 15) is 9.90 Å². The van der Waals surface area contributed by atoms with E-state index in [1.807, 2.05) is 6.92 Å². The summed E-state index contributed by atoms with van der Waals surface area (Å²) < 4.78 is 6.54. The number of anilines is 1. The molecule has 1 aromatic heterocycles. The lowest BCUT2D eigenvalue weighted by Gasteiger charge is -2.05. The summed E-state index contributed by atoms with van der Waals surface area (Å²) in [4.78, 5) is 11.4. The van der Waals surface area contributed by atoms with Gasteiger partial charge in [-0.05, 0) is 36.4 Å². The molecule has 7 heteroatoms. The second kappa shape index (κ2) is 6.53. The molecule has 1 aromatic carbocycles. The Kier molecular flexibility index (Phi) is 4.74. The van der Waals surface area contributed by atoms with E-state index in [0.717, 1.165) is 12.2 Å². The van der Waals surface area contributed by atoms with Crippen LogP contribution in [-0.2, 0) is 0 Å². The molecule has 0 aliphatic heterocycles. The Hall–Kier alpha value is -2.15. The van der Waals surface area contributed by atoms with E-state index in [0.29, 0.717) is 16.5 Å². The van der Waals surface area contributed by atoms with Crippen molar-refractivity contribution in [2.24, 2.45) is 0 Å². The average molecular weight is 307 g/mol. The van der Waals surface area contributed by atoms with Crippen LogP contribution >= 0.6 is 11.8 Å². The number of aromatic nitrogens is 2. The maximum Gasteiger partial charge on any atom is 0.342 e.